The smallest absolute Gasteiger partial charge is 0.311 e. The molecule has 1 aromatic carbocycles. The number of hydrogen-bond acceptors (Lipinski definition) is 2. The number of halogens is 1. The van der Waals surface area contributed by atoms with Crippen molar-refractivity contribution < 1.29 is 9.90 Å². The lowest BCUT2D eigenvalue weighted by Gasteiger charge is -2.23. The predicted octanol–water partition coefficient (Wildman–Crippen LogP) is 3.34. The highest BCUT2D eigenvalue weighted by Gasteiger charge is 2.54. The number of nitrogens with zero attached hydrogens (tertiary/aromatic N) is 1. The Hall–Kier alpha value is -1.06. The van der Waals surface area contributed by atoms with Crippen LogP contribution in [0.3, 0.4) is 0 Å². The summed E-state index contributed by atoms with van der Waals surface area (Å²) in [5.41, 5.74) is 1.76. The Morgan fingerprint density at radius 2 is 2.35 bits per heavy atom. The van der Waals surface area contributed by atoms with Crippen molar-refractivity contribution in [1.29, 1.82) is 0 Å². The van der Waals surface area contributed by atoms with E-state index in [4.69, 9.17) is 11.6 Å². The van der Waals surface area contributed by atoms with Gasteiger partial charge in [-0.25, -0.2) is 0 Å². The van der Waals surface area contributed by atoms with Crippen LogP contribution in [0.2, 0.25) is 5.02 Å². The summed E-state index contributed by atoms with van der Waals surface area (Å²) >= 11 is 6.16. The first-order valence-electron chi connectivity index (χ1n) is 7.22. The van der Waals surface area contributed by atoms with Crippen molar-refractivity contribution in [2.45, 2.75) is 32.7 Å². The first-order chi connectivity index (χ1) is 9.51. The van der Waals surface area contributed by atoms with Crippen molar-refractivity contribution in [2.24, 2.45) is 11.3 Å². The van der Waals surface area contributed by atoms with Crippen LogP contribution in [0.5, 0.6) is 0 Å². The van der Waals surface area contributed by atoms with Crippen LogP contribution < -0.4 is 0 Å². The second-order valence-corrected chi connectivity index (χ2v) is 6.71. The van der Waals surface area contributed by atoms with Crippen LogP contribution in [0.25, 0.3) is 0 Å². The zero-order valence-corrected chi connectivity index (χ0v) is 12.5. The molecule has 1 aliphatic heterocycles. The van der Waals surface area contributed by atoms with Gasteiger partial charge in [-0.3, -0.25) is 9.69 Å². The van der Waals surface area contributed by atoms with E-state index in [9.17, 15) is 9.90 Å². The standard InChI is InChI=1S/C16H20ClNO2/c1-11-4-5-12(7-14(11)17)8-18-9-13-3-2-6-16(13,10-18)15(19)20/h4-5,7,13H,2-3,6,8-10H2,1H3,(H,19,20)/t13-,16+/m0/s1. The van der Waals surface area contributed by atoms with E-state index < -0.39 is 11.4 Å². The molecule has 4 heteroatoms. The molecule has 3 nitrogen and oxygen atoms in total. The Bertz CT molecular complexity index is 545. The average Bonchev–Trinajstić information content (AvgIpc) is 2.91. The topological polar surface area (TPSA) is 40.5 Å². The first-order valence-corrected chi connectivity index (χ1v) is 7.60. The van der Waals surface area contributed by atoms with Gasteiger partial charge >= 0.3 is 5.97 Å². The number of hydrogen-bond donors (Lipinski definition) is 1. The van der Waals surface area contributed by atoms with Gasteiger partial charge in [0.15, 0.2) is 0 Å². The number of aryl methyl sites for hydroxylation is 1. The molecule has 0 aromatic heterocycles. The van der Waals surface area contributed by atoms with Crippen molar-refractivity contribution in [2.75, 3.05) is 13.1 Å². The van der Waals surface area contributed by atoms with Gasteiger partial charge < -0.3 is 5.11 Å². The van der Waals surface area contributed by atoms with E-state index in [0.29, 0.717) is 12.5 Å². The predicted molar refractivity (Wildman–Crippen MR) is 78.9 cm³/mol. The molecule has 1 heterocycles. The number of rotatable bonds is 3. The van der Waals surface area contributed by atoms with E-state index in [1.165, 1.54) is 5.56 Å². The molecule has 0 unspecified atom stereocenters. The van der Waals surface area contributed by atoms with Crippen LogP contribution in [0.1, 0.15) is 30.4 Å². The highest BCUT2D eigenvalue weighted by Crippen LogP contribution is 2.49. The molecule has 1 saturated heterocycles. The molecule has 2 atom stereocenters. The number of carboxylic acids is 1. The molecule has 0 bridgehead atoms. The lowest BCUT2D eigenvalue weighted by Crippen LogP contribution is -2.35. The van der Waals surface area contributed by atoms with Crippen LogP contribution >= 0.6 is 11.6 Å². The Kier molecular flexibility index (Phi) is 3.51. The van der Waals surface area contributed by atoms with E-state index in [1.807, 2.05) is 19.1 Å². The molecule has 108 valence electrons. The zero-order chi connectivity index (χ0) is 14.3. The van der Waals surface area contributed by atoms with Crippen molar-refractivity contribution in [3.8, 4) is 0 Å². The second-order valence-electron chi connectivity index (χ2n) is 6.30. The van der Waals surface area contributed by atoms with E-state index >= 15 is 0 Å². The van der Waals surface area contributed by atoms with Gasteiger partial charge in [0.05, 0.1) is 5.41 Å². The fourth-order valence-corrected chi connectivity index (χ4v) is 4.06. The summed E-state index contributed by atoms with van der Waals surface area (Å²) in [5, 5.41) is 10.4. The van der Waals surface area contributed by atoms with Gasteiger partial charge in [-0.1, -0.05) is 30.2 Å². The van der Waals surface area contributed by atoms with E-state index in [-0.39, 0.29) is 0 Å². The average molecular weight is 294 g/mol. The quantitative estimate of drug-likeness (QED) is 0.929. The van der Waals surface area contributed by atoms with E-state index in [2.05, 4.69) is 11.0 Å². The zero-order valence-electron chi connectivity index (χ0n) is 11.7. The number of likely N-dealkylation sites (tertiary alicyclic amines) is 1. The van der Waals surface area contributed by atoms with Crippen LogP contribution in [-0.4, -0.2) is 29.1 Å². The van der Waals surface area contributed by atoms with Gasteiger partial charge in [0.1, 0.15) is 0 Å². The summed E-state index contributed by atoms with van der Waals surface area (Å²) in [4.78, 5) is 13.9. The van der Waals surface area contributed by atoms with E-state index in [1.54, 1.807) is 0 Å². The summed E-state index contributed by atoms with van der Waals surface area (Å²) in [7, 11) is 0. The molecular formula is C16H20ClNO2. The maximum absolute atomic E-state index is 11.7. The molecule has 2 fully saturated rings. The highest BCUT2D eigenvalue weighted by atomic mass is 35.5. The van der Waals surface area contributed by atoms with Gasteiger partial charge in [-0.15, -0.1) is 0 Å². The fourth-order valence-electron chi connectivity index (χ4n) is 3.86. The molecule has 3 rings (SSSR count). The van der Waals surface area contributed by atoms with Gasteiger partial charge in [0.2, 0.25) is 0 Å². The van der Waals surface area contributed by atoms with Crippen LogP contribution in [-0.2, 0) is 11.3 Å². The Balaban J connectivity index is 1.74. The summed E-state index contributed by atoms with van der Waals surface area (Å²) in [6.07, 6.45) is 2.94. The van der Waals surface area contributed by atoms with Crippen molar-refractivity contribution in [3.05, 3.63) is 34.3 Å². The van der Waals surface area contributed by atoms with Crippen LogP contribution in [0.4, 0.5) is 0 Å². The molecule has 1 saturated carbocycles. The number of benzene rings is 1. The lowest BCUT2D eigenvalue weighted by molar-refractivity contribution is -0.149. The van der Waals surface area contributed by atoms with Gasteiger partial charge in [-0.05, 0) is 42.9 Å². The molecule has 0 spiro atoms. The van der Waals surface area contributed by atoms with Crippen molar-refractivity contribution in [1.82, 2.24) is 4.90 Å². The minimum absolute atomic E-state index is 0.320. The molecule has 1 aliphatic carbocycles. The lowest BCUT2D eigenvalue weighted by atomic mass is 9.81. The van der Waals surface area contributed by atoms with Gasteiger partial charge in [0, 0.05) is 24.7 Å². The largest absolute Gasteiger partial charge is 0.481 e. The third-order valence-corrected chi connectivity index (χ3v) is 5.42. The molecule has 0 radical (unpaired) electrons. The van der Waals surface area contributed by atoms with Crippen molar-refractivity contribution in [3.63, 3.8) is 0 Å². The highest BCUT2D eigenvalue weighted by molar-refractivity contribution is 6.31. The molecule has 1 aromatic rings. The van der Waals surface area contributed by atoms with Gasteiger partial charge in [0.25, 0.3) is 0 Å². The monoisotopic (exact) mass is 293 g/mol. The van der Waals surface area contributed by atoms with Gasteiger partial charge in [-0.2, -0.15) is 0 Å². The molecule has 1 N–H and O–H groups in total. The normalized spacial score (nSPS) is 29.6. The molecule has 0 amide bonds. The number of fused-ring (bicyclic) bond motifs is 1. The number of aliphatic carboxylic acids is 1. The summed E-state index contributed by atoms with van der Waals surface area (Å²) in [5.74, 6) is -0.287. The number of carboxylic acid groups (broad SMARTS) is 1. The third-order valence-electron chi connectivity index (χ3n) is 5.01. The summed E-state index contributed by atoms with van der Waals surface area (Å²) < 4.78 is 0. The Morgan fingerprint density at radius 3 is 3.00 bits per heavy atom. The fraction of sp³-hybridized carbons (Fsp3) is 0.562. The summed E-state index contributed by atoms with van der Waals surface area (Å²) in [6.45, 7) is 4.37. The SMILES string of the molecule is Cc1ccc(CN2C[C@@H]3CCC[C@@]3(C(=O)O)C2)cc1Cl. The Labute approximate surface area is 124 Å². The van der Waals surface area contributed by atoms with Crippen LogP contribution in [0.15, 0.2) is 18.2 Å². The van der Waals surface area contributed by atoms with E-state index in [0.717, 1.165) is 42.9 Å². The number of carbonyl (C=O) groups is 1. The minimum Gasteiger partial charge on any atom is -0.481 e. The maximum atomic E-state index is 11.7. The molecule has 20 heavy (non-hydrogen) atoms. The summed E-state index contributed by atoms with van der Waals surface area (Å²) in [6, 6.07) is 6.11. The molecular weight excluding hydrogens is 274 g/mol. The third kappa shape index (κ3) is 2.23. The second kappa shape index (κ2) is 5.05. The molecule has 2 aliphatic rings. The Morgan fingerprint density at radius 1 is 1.55 bits per heavy atom. The minimum atomic E-state index is -0.607. The van der Waals surface area contributed by atoms with Crippen molar-refractivity contribution >= 4 is 17.6 Å². The first kappa shape index (κ1) is 13.9. The van der Waals surface area contributed by atoms with Crippen LogP contribution in [0, 0.1) is 18.3 Å². The maximum Gasteiger partial charge on any atom is 0.311 e.